The van der Waals surface area contributed by atoms with Gasteiger partial charge in [0.15, 0.2) is 0 Å². The standard InChI is InChI=1S/C21H29F2N5O/c1-14(2)19(28-9-7-26(3)8-10-28)12-24-21(29)17-13-27(4)25-20(17)16-6-5-15(22)11-18(16)23/h5-6,11,13-14,19H,7-10,12H2,1-4H3,(H,24,29). The molecule has 0 bridgehead atoms. The molecule has 1 aromatic carbocycles. The van der Waals surface area contributed by atoms with E-state index in [0.29, 0.717) is 12.5 Å². The number of aromatic nitrogens is 2. The Morgan fingerprint density at radius 1 is 1.17 bits per heavy atom. The molecule has 1 atom stereocenters. The van der Waals surface area contributed by atoms with Crippen molar-refractivity contribution >= 4 is 5.91 Å². The molecular formula is C21H29F2N5O. The molecule has 1 fully saturated rings. The SMILES string of the molecule is CC(C)C(CNC(=O)c1cn(C)nc1-c1ccc(F)cc1F)N1CCN(C)CC1. The third kappa shape index (κ3) is 5.00. The summed E-state index contributed by atoms with van der Waals surface area (Å²) in [4.78, 5) is 17.6. The van der Waals surface area contributed by atoms with Crippen LogP contribution in [0.4, 0.5) is 8.78 Å². The van der Waals surface area contributed by atoms with Crippen molar-refractivity contribution in [1.29, 1.82) is 0 Å². The lowest BCUT2D eigenvalue weighted by molar-refractivity contribution is 0.0791. The van der Waals surface area contributed by atoms with Gasteiger partial charge in [-0.25, -0.2) is 8.78 Å². The van der Waals surface area contributed by atoms with Crippen LogP contribution < -0.4 is 5.32 Å². The minimum absolute atomic E-state index is 0.108. The molecule has 0 saturated carbocycles. The first kappa shape index (κ1) is 21.4. The second-order valence-electron chi connectivity index (χ2n) is 8.05. The van der Waals surface area contributed by atoms with Crippen molar-refractivity contribution in [2.24, 2.45) is 13.0 Å². The van der Waals surface area contributed by atoms with Crippen LogP contribution in [-0.4, -0.2) is 71.3 Å². The Bertz CT molecular complexity index is 859. The highest BCUT2D eigenvalue weighted by molar-refractivity contribution is 5.99. The number of carbonyl (C=O) groups is 1. The monoisotopic (exact) mass is 405 g/mol. The number of halogens is 2. The zero-order valence-electron chi connectivity index (χ0n) is 17.5. The lowest BCUT2D eigenvalue weighted by atomic mass is 10.0. The fourth-order valence-corrected chi connectivity index (χ4v) is 3.77. The number of aryl methyl sites for hydroxylation is 1. The maximum atomic E-state index is 14.3. The minimum atomic E-state index is -0.741. The van der Waals surface area contributed by atoms with Crippen molar-refractivity contribution in [1.82, 2.24) is 24.9 Å². The normalized spacial score (nSPS) is 16.9. The fraction of sp³-hybridized carbons (Fsp3) is 0.524. The van der Waals surface area contributed by atoms with Crippen LogP contribution in [0.15, 0.2) is 24.4 Å². The van der Waals surface area contributed by atoms with E-state index in [2.05, 4.69) is 41.1 Å². The van der Waals surface area contributed by atoms with Gasteiger partial charge in [-0.05, 0) is 25.1 Å². The summed E-state index contributed by atoms with van der Waals surface area (Å²) >= 11 is 0. The van der Waals surface area contributed by atoms with Crippen molar-refractivity contribution in [3.8, 4) is 11.3 Å². The summed E-state index contributed by atoms with van der Waals surface area (Å²) in [6.07, 6.45) is 1.56. The number of hydrogen-bond acceptors (Lipinski definition) is 4. The number of rotatable bonds is 6. The van der Waals surface area contributed by atoms with Gasteiger partial charge >= 0.3 is 0 Å². The summed E-state index contributed by atoms with van der Waals surface area (Å²) in [5.41, 5.74) is 0.596. The summed E-state index contributed by atoms with van der Waals surface area (Å²) < 4.78 is 29.0. The summed E-state index contributed by atoms with van der Waals surface area (Å²) in [7, 11) is 3.78. The number of piperazine rings is 1. The van der Waals surface area contributed by atoms with E-state index >= 15 is 0 Å². The lowest BCUT2D eigenvalue weighted by Crippen LogP contribution is -2.54. The van der Waals surface area contributed by atoms with Crippen LogP contribution in [0, 0.1) is 17.6 Å². The highest BCUT2D eigenvalue weighted by atomic mass is 19.1. The number of nitrogens with zero attached hydrogens (tertiary/aromatic N) is 4. The Morgan fingerprint density at radius 2 is 1.86 bits per heavy atom. The Hall–Kier alpha value is -2.32. The Morgan fingerprint density at radius 3 is 2.48 bits per heavy atom. The van der Waals surface area contributed by atoms with Crippen LogP contribution in [0.2, 0.25) is 0 Å². The predicted octanol–water partition coefficient (Wildman–Crippen LogP) is 2.37. The molecule has 0 spiro atoms. The molecule has 2 heterocycles. The van der Waals surface area contributed by atoms with Crippen molar-refractivity contribution in [3.63, 3.8) is 0 Å². The van der Waals surface area contributed by atoms with E-state index < -0.39 is 11.6 Å². The Kier molecular flexibility index (Phi) is 6.64. The van der Waals surface area contributed by atoms with E-state index in [-0.39, 0.29) is 28.8 Å². The van der Waals surface area contributed by atoms with Crippen LogP contribution in [-0.2, 0) is 7.05 Å². The molecule has 1 unspecified atom stereocenters. The van der Waals surface area contributed by atoms with Crippen molar-refractivity contribution in [2.75, 3.05) is 39.8 Å². The third-order valence-electron chi connectivity index (χ3n) is 5.51. The second kappa shape index (κ2) is 9.00. The maximum Gasteiger partial charge on any atom is 0.255 e. The van der Waals surface area contributed by atoms with Gasteiger partial charge < -0.3 is 10.2 Å². The van der Waals surface area contributed by atoms with Gasteiger partial charge in [-0.3, -0.25) is 14.4 Å². The zero-order chi connectivity index (χ0) is 21.1. The lowest BCUT2D eigenvalue weighted by Gasteiger charge is -2.39. The Labute approximate surface area is 170 Å². The van der Waals surface area contributed by atoms with E-state index in [1.54, 1.807) is 13.2 Å². The molecule has 1 saturated heterocycles. The van der Waals surface area contributed by atoms with E-state index in [4.69, 9.17) is 0 Å². The highest BCUT2D eigenvalue weighted by Gasteiger charge is 2.26. The average Bonchev–Trinajstić information content (AvgIpc) is 3.04. The molecular weight excluding hydrogens is 376 g/mol. The number of hydrogen-bond donors (Lipinski definition) is 1. The van der Waals surface area contributed by atoms with Gasteiger partial charge in [-0.2, -0.15) is 5.10 Å². The van der Waals surface area contributed by atoms with Gasteiger partial charge in [0.2, 0.25) is 0 Å². The molecule has 1 aliphatic rings. The summed E-state index contributed by atoms with van der Waals surface area (Å²) in [6.45, 7) is 8.75. The average molecular weight is 405 g/mol. The molecule has 158 valence electrons. The van der Waals surface area contributed by atoms with Crippen LogP contribution in [0.25, 0.3) is 11.3 Å². The van der Waals surface area contributed by atoms with Gasteiger partial charge in [-0.15, -0.1) is 0 Å². The first-order valence-electron chi connectivity index (χ1n) is 9.96. The molecule has 1 aromatic heterocycles. The molecule has 29 heavy (non-hydrogen) atoms. The maximum absolute atomic E-state index is 14.3. The van der Waals surface area contributed by atoms with Crippen LogP contribution >= 0.6 is 0 Å². The quantitative estimate of drug-likeness (QED) is 0.802. The molecule has 0 radical (unpaired) electrons. The second-order valence-corrected chi connectivity index (χ2v) is 8.05. The summed E-state index contributed by atoms with van der Waals surface area (Å²) in [6, 6.07) is 3.49. The van der Waals surface area contributed by atoms with E-state index in [9.17, 15) is 13.6 Å². The zero-order valence-corrected chi connectivity index (χ0v) is 17.5. The number of nitrogens with one attached hydrogen (secondary N) is 1. The number of likely N-dealkylation sites (N-methyl/N-ethyl adjacent to an activating group) is 1. The first-order chi connectivity index (χ1) is 13.8. The topological polar surface area (TPSA) is 53.4 Å². The Balaban J connectivity index is 1.75. The van der Waals surface area contributed by atoms with Crippen molar-refractivity contribution in [3.05, 3.63) is 41.6 Å². The van der Waals surface area contributed by atoms with Crippen LogP contribution in [0.5, 0.6) is 0 Å². The highest BCUT2D eigenvalue weighted by Crippen LogP contribution is 2.25. The number of benzene rings is 1. The fourth-order valence-electron chi connectivity index (χ4n) is 3.77. The smallest absolute Gasteiger partial charge is 0.255 e. The number of carbonyl (C=O) groups excluding carboxylic acids is 1. The first-order valence-corrected chi connectivity index (χ1v) is 9.96. The van der Waals surface area contributed by atoms with E-state index in [0.717, 1.165) is 38.3 Å². The minimum Gasteiger partial charge on any atom is -0.350 e. The molecule has 2 aromatic rings. The van der Waals surface area contributed by atoms with Gasteiger partial charge in [0, 0.05) is 63.6 Å². The number of amides is 1. The van der Waals surface area contributed by atoms with Gasteiger partial charge in [0.05, 0.1) is 5.56 Å². The molecule has 0 aliphatic carbocycles. The largest absolute Gasteiger partial charge is 0.350 e. The third-order valence-corrected chi connectivity index (χ3v) is 5.51. The summed E-state index contributed by atoms with van der Waals surface area (Å²) in [5, 5.41) is 7.23. The van der Waals surface area contributed by atoms with Gasteiger partial charge in [0.25, 0.3) is 5.91 Å². The van der Waals surface area contributed by atoms with Crippen LogP contribution in [0.1, 0.15) is 24.2 Å². The molecule has 1 amide bonds. The van der Waals surface area contributed by atoms with Gasteiger partial charge in [-0.1, -0.05) is 13.8 Å². The van der Waals surface area contributed by atoms with Crippen molar-refractivity contribution in [2.45, 2.75) is 19.9 Å². The predicted molar refractivity (Wildman–Crippen MR) is 109 cm³/mol. The van der Waals surface area contributed by atoms with Crippen molar-refractivity contribution < 1.29 is 13.6 Å². The molecule has 8 heteroatoms. The van der Waals surface area contributed by atoms with E-state index in [1.165, 1.54) is 10.7 Å². The molecule has 6 nitrogen and oxygen atoms in total. The molecule has 3 rings (SSSR count). The molecule has 1 N–H and O–H groups in total. The summed E-state index contributed by atoms with van der Waals surface area (Å²) in [5.74, 6) is -1.34. The van der Waals surface area contributed by atoms with E-state index in [1.807, 2.05) is 0 Å². The van der Waals surface area contributed by atoms with Crippen LogP contribution in [0.3, 0.4) is 0 Å². The van der Waals surface area contributed by atoms with Gasteiger partial charge in [0.1, 0.15) is 17.3 Å². The molecule has 1 aliphatic heterocycles.